The summed E-state index contributed by atoms with van der Waals surface area (Å²) in [5.74, 6) is -0.227. The lowest BCUT2D eigenvalue weighted by molar-refractivity contribution is 0.0947. The molecule has 4 nitrogen and oxygen atoms in total. The molecule has 5 heteroatoms. The average Bonchev–Trinajstić information content (AvgIpc) is 2.53. The van der Waals surface area contributed by atoms with Crippen LogP contribution >= 0.6 is 22.6 Å². The molecule has 0 aliphatic carbocycles. The van der Waals surface area contributed by atoms with Crippen molar-refractivity contribution in [1.29, 1.82) is 0 Å². The highest BCUT2D eigenvalue weighted by atomic mass is 127. The molecule has 0 heterocycles. The van der Waals surface area contributed by atoms with E-state index in [-0.39, 0.29) is 11.8 Å². The van der Waals surface area contributed by atoms with Crippen molar-refractivity contribution in [1.82, 2.24) is 10.6 Å². The highest BCUT2D eigenvalue weighted by Gasteiger charge is 2.07. The third-order valence-electron chi connectivity index (χ3n) is 3.07. The van der Waals surface area contributed by atoms with Gasteiger partial charge in [-0.05, 0) is 65.4 Å². The maximum absolute atomic E-state index is 12.1. The van der Waals surface area contributed by atoms with Crippen LogP contribution in [0.3, 0.4) is 0 Å². The summed E-state index contributed by atoms with van der Waals surface area (Å²) >= 11 is 2.17. The zero-order valence-electron chi connectivity index (χ0n) is 12.2. The first-order valence-corrected chi connectivity index (χ1v) is 8.09. The first-order chi connectivity index (χ1) is 10.6. The largest absolute Gasteiger partial charge is 0.352 e. The van der Waals surface area contributed by atoms with Crippen LogP contribution in [0.2, 0.25) is 0 Å². The van der Waals surface area contributed by atoms with Crippen LogP contribution in [-0.2, 0) is 6.54 Å². The predicted octanol–water partition coefficient (Wildman–Crippen LogP) is 2.97. The minimum absolute atomic E-state index is 0.103. The summed E-state index contributed by atoms with van der Waals surface area (Å²) in [6.45, 7) is 2.85. The van der Waals surface area contributed by atoms with Gasteiger partial charge in [-0.3, -0.25) is 9.59 Å². The van der Waals surface area contributed by atoms with Crippen molar-refractivity contribution in [2.24, 2.45) is 0 Å². The van der Waals surface area contributed by atoms with E-state index < -0.39 is 0 Å². The number of hydrogen-bond acceptors (Lipinski definition) is 2. The van der Waals surface area contributed by atoms with E-state index in [1.54, 1.807) is 18.2 Å². The van der Waals surface area contributed by atoms with Crippen LogP contribution in [0.25, 0.3) is 0 Å². The predicted molar refractivity (Wildman–Crippen MR) is 94.8 cm³/mol. The van der Waals surface area contributed by atoms with Gasteiger partial charge in [-0.25, -0.2) is 0 Å². The molecule has 2 N–H and O–H groups in total. The number of amides is 2. The van der Waals surface area contributed by atoms with Crippen LogP contribution in [0.4, 0.5) is 0 Å². The second-order valence-corrected chi connectivity index (χ2v) is 6.00. The van der Waals surface area contributed by atoms with Crippen LogP contribution in [0.15, 0.2) is 48.5 Å². The van der Waals surface area contributed by atoms with E-state index in [0.29, 0.717) is 24.2 Å². The maximum Gasteiger partial charge on any atom is 0.251 e. The number of halogens is 1. The van der Waals surface area contributed by atoms with Crippen molar-refractivity contribution in [2.75, 3.05) is 6.54 Å². The molecule has 0 saturated carbocycles. The van der Waals surface area contributed by atoms with E-state index in [4.69, 9.17) is 0 Å². The molecule has 0 bridgehead atoms. The Morgan fingerprint density at radius 2 is 1.59 bits per heavy atom. The Labute approximate surface area is 143 Å². The SMILES string of the molecule is CCNC(=O)c1cccc(CNC(=O)c2cccc(I)c2)c1. The van der Waals surface area contributed by atoms with Crippen molar-refractivity contribution in [3.8, 4) is 0 Å². The monoisotopic (exact) mass is 408 g/mol. The lowest BCUT2D eigenvalue weighted by Crippen LogP contribution is -2.24. The number of carbonyl (C=O) groups excluding carboxylic acids is 2. The van der Waals surface area contributed by atoms with Crippen molar-refractivity contribution in [2.45, 2.75) is 13.5 Å². The van der Waals surface area contributed by atoms with Crippen molar-refractivity contribution in [3.63, 3.8) is 0 Å². The fourth-order valence-corrected chi connectivity index (χ4v) is 2.54. The van der Waals surface area contributed by atoms with E-state index in [9.17, 15) is 9.59 Å². The molecule has 22 heavy (non-hydrogen) atoms. The lowest BCUT2D eigenvalue weighted by Gasteiger charge is -2.08. The smallest absolute Gasteiger partial charge is 0.251 e. The summed E-state index contributed by atoms with van der Waals surface area (Å²) in [6.07, 6.45) is 0. The molecule has 0 fully saturated rings. The fraction of sp³-hybridized carbons (Fsp3) is 0.176. The molecule has 0 spiro atoms. The van der Waals surface area contributed by atoms with Gasteiger partial charge in [0.1, 0.15) is 0 Å². The van der Waals surface area contributed by atoms with Gasteiger partial charge in [0.15, 0.2) is 0 Å². The van der Waals surface area contributed by atoms with Gasteiger partial charge in [0.05, 0.1) is 0 Å². The summed E-state index contributed by atoms with van der Waals surface area (Å²) in [7, 11) is 0. The summed E-state index contributed by atoms with van der Waals surface area (Å²) < 4.78 is 1.02. The Morgan fingerprint density at radius 1 is 0.955 bits per heavy atom. The third-order valence-corrected chi connectivity index (χ3v) is 3.74. The van der Waals surface area contributed by atoms with Gasteiger partial charge in [-0.1, -0.05) is 18.2 Å². The molecular formula is C17H17IN2O2. The standard InChI is InChI=1S/C17H17IN2O2/c1-2-19-16(21)13-6-3-5-12(9-13)11-20-17(22)14-7-4-8-15(18)10-14/h3-10H,2,11H2,1H3,(H,19,21)(H,20,22). The quantitative estimate of drug-likeness (QED) is 0.748. The minimum atomic E-state index is -0.123. The molecule has 0 aliphatic rings. The second kappa shape index (κ2) is 7.93. The fourth-order valence-electron chi connectivity index (χ4n) is 2.00. The molecule has 0 saturated heterocycles. The van der Waals surface area contributed by atoms with E-state index in [1.165, 1.54) is 0 Å². The zero-order valence-corrected chi connectivity index (χ0v) is 14.4. The summed E-state index contributed by atoms with van der Waals surface area (Å²) in [5, 5.41) is 5.63. The van der Waals surface area contributed by atoms with Crippen LogP contribution < -0.4 is 10.6 Å². The molecule has 0 atom stereocenters. The second-order valence-electron chi connectivity index (χ2n) is 4.75. The van der Waals surface area contributed by atoms with Gasteiger partial charge in [-0.2, -0.15) is 0 Å². The molecule has 2 aromatic rings. The topological polar surface area (TPSA) is 58.2 Å². The van der Waals surface area contributed by atoms with Gasteiger partial charge in [0.25, 0.3) is 11.8 Å². The first-order valence-electron chi connectivity index (χ1n) is 7.01. The minimum Gasteiger partial charge on any atom is -0.352 e. The molecule has 2 rings (SSSR count). The highest BCUT2D eigenvalue weighted by Crippen LogP contribution is 2.09. The summed E-state index contributed by atoms with van der Waals surface area (Å²) in [5.41, 5.74) is 2.12. The van der Waals surface area contributed by atoms with Crippen molar-refractivity contribution in [3.05, 3.63) is 68.8 Å². The number of rotatable bonds is 5. The van der Waals surface area contributed by atoms with Crippen LogP contribution in [0.5, 0.6) is 0 Å². The molecule has 2 aromatic carbocycles. The summed E-state index contributed by atoms with van der Waals surface area (Å²) in [6, 6.07) is 14.7. The van der Waals surface area contributed by atoms with Gasteiger partial charge >= 0.3 is 0 Å². The van der Waals surface area contributed by atoms with Gasteiger partial charge in [0, 0.05) is 27.8 Å². The van der Waals surface area contributed by atoms with E-state index in [1.807, 2.05) is 37.3 Å². The lowest BCUT2D eigenvalue weighted by atomic mass is 10.1. The number of benzene rings is 2. The Morgan fingerprint density at radius 3 is 2.27 bits per heavy atom. The molecule has 0 radical (unpaired) electrons. The van der Waals surface area contributed by atoms with Crippen molar-refractivity contribution >= 4 is 34.4 Å². The highest BCUT2D eigenvalue weighted by molar-refractivity contribution is 14.1. The molecular weight excluding hydrogens is 391 g/mol. The first kappa shape index (κ1) is 16.5. The summed E-state index contributed by atoms with van der Waals surface area (Å²) in [4.78, 5) is 23.9. The van der Waals surface area contributed by atoms with E-state index >= 15 is 0 Å². The number of hydrogen-bond donors (Lipinski definition) is 2. The van der Waals surface area contributed by atoms with Crippen LogP contribution in [0, 0.1) is 3.57 Å². The van der Waals surface area contributed by atoms with Gasteiger partial charge in [-0.15, -0.1) is 0 Å². The number of nitrogens with one attached hydrogen (secondary N) is 2. The average molecular weight is 408 g/mol. The van der Waals surface area contributed by atoms with Gasteiger partial charge in [0.2, 0.25) is 0 Å². The molecule has 0 aromatic heterocycles. The van der Waals surface area contributed by atoms with Crippen LogP contribution in [-0.4, -0.2) is 18.4 Å². The molecule has 0 aliphatic heterocycles. The number of carbonyl (C=O) groups is 2. The van der Waals surface area contributed by atoms with Crippen molar-refractivity contribution < 1.29 is 9.59 Å². The molecule has 2 amide bonds. The Balaban J connectivity index is 2.01. The normalized spacial score (nSPS) is 10.1. The van der Waals surface area contributed by atoms with E-state index in [2.05, 4.69) is 33.2 Å². The van der Waals surface area contributed by atoms with E-state index in [0.717, 1.165) is 9.13 Å². The molecule has 114 valence electrons. The Kier molecular flexibility index (Phi) is 5.94. The maximum atomic E-state index is 12.1. The van der Waals surface area contributed by atoms with Crippen LogP contribution in [0.1, 0.15) is 33.2 Å². The van der Waals surface area contributed by atoms with Gasteiger partial charge < -0.3 is 10.6 Å². The Bertz CT molecular complexity index is 686. The Hall–Kier alpha value is -1.89. The zero-order chi connectivity index (χ0) is 15.9. The third kappa shape index (κ3) is 4.56. The molecule has 0 unspecified atom stereocenters.